The van der Waals surface area contributed by atoms with Crippen LogP contribution in [0.1, 0.15) is 26.7 Å². The molecule has 0 radical (unpaired) electrons. The third kappa shape index (κ3) is 12.0. The van der Waals surface area contributed by atoms with E-state index in [2.05, 4.69) is 13.8 Å². The van der Waals surface area contributed by atoms with Crippen LogP contribution in [-0.4, -0.2) is 0 Å². The Balaban J connectivity index is 0. The molecule has 5 heavy (non-hydrogen) atoms. The van der Waals surface area contributed by atoms with Crippen molar-refractivity contribution in [3.63, 3.8) is 0 Å². The van der Waals surface area contributed by atoms with Crippen molar-refractivity contribution in [1.29, 1.82) is 0 Å². The summed E-state index contributed by atoms with van der Waals surface area (Å²) in [7, 11) is 0. The van der Waals surface area contributed by atoms with Crippen LogP contribution in [0.3, 0.4) is 0 Å². The molecule has 0 amide bonds. The van der Waals surface area contributed by atoms with Crippen molar-refractivity contribution in [3.05, 3.63) is 0 Å². The standard InChI is InChI=1S/C4H10.Pd/c1-3-4-2;/h3-4H2,1-2H3;. The molecule has 0 spiro atoms. The third-order valence-electron chi connectivity index (χ3n) is 0.500. The molecule has 0 saturated heterocycles. The second kappa shape index (κ2) is 8.82. The fourth-order valence-electron chi connectivity index (χ4n) is 0. The number of unbranched alkanes of at least 4 members (excludes halogenated alkanes) is 1. The molecular formula is C4H10Pd. The van der Waals surface area contributed by atoms with Crippen molar-refractivity contribution in [3.8, 4) is 0 Å². The average Bonchev–Trinajstić information content (AvgIpc) is 1.37. The molecule has 0 unspecified atom stereocenters. The molecule has 0 nitrogen and oxygen atoms in total. The minimum Gasteiger partial charge on any atom is -0.0654 e. The maximum Gasteiger partial charge on any atom is 0 e. The Labute approximate surface area is 47.6 Å². The maximum atomic E-state index is 2.18. The predicted octanol–water partition coefficient (Wildman–Crippen LogP) is 1.80. The molecule has 0 saturated carbocycles. The predicted molar refractivity (Wildman–Crippen MR) is 20.6 cm³/mol. The van der Waals surface area contributed by atoms with E-state index in [9.17, 15) is 0 Å². The quantitative estimate of drug-likeness (QED) is 0.519. The van der Waals surface area contributed by atoms with Gasteiger partial charge in [0.25, 0.3) is 0 Å². The van der Waals surface area contributed by atoms with Crippen LogP contribution in [0.25, 0.3) is 0 Å². The fraction of sp³-hybridized carbons (Fsp3) is 1.00. The van der Waals surface area contributed by atoms with E-state index in [1.54, 1.807) is 0 Å². The van der Waals surface area contributed by atoms with Crippen LogP contribution in [0.15, 0.2) is 0 Å². The minimum atomic E-state index is 0. The second-order valence-corrected chi connectivity index (χ2v) is 1.000. The zero-order chi connectivity index (χ0) is 3.41. The molecule has 0 aromatic heterocycles. The smallest absolute Gasteiger partial charge is 0 e. The van der Waals surface area contributed by atoms with Crippen molar-refractivity contribution in [2.45, 2.75) is 26.7 Å². The molecule has 0 rings (SSSR count). The Kier molecular flexibility index (Phi) is 16.2. The summed E-state index contributed by atoms with van der Waals surface area (Å²) in [4.78, 5) is 0. The fourth-order valence-corrected chi connectivity index (χ4v) is 0. The maximum absolute atomic E-state index is 2.18. The molecule has 0 aliphatic heterocycles. The Hall–Kier alpha value is 0.662. The van der Waals surface area contributed by atoms with Gasteiger partial charge in [0.05, 0.1) is 0 Å². The van der Waals surface area contributed by atoms with Crippen LogP contribution in [0.4, 0.5) is 0 Å². The van der Waals surface area contributed by atoms with Gasteiger partial charge in [-0.15, -0.1) is 0 Å². The van der Waals surface area contributed by atoms with Crippen molar-refractivity contribution in [1.82, 2.24) is 0 Å². The van der Waals surface area contributed by atoms with Crippen molar-refractivity contribution in [2.24, 2.45) is 0 Å². The summed E-state index contributed by atoms with van der Waals surface area (Å²) in [5.74, 6) is 0. The van der Waals surface area contributed by atoms with Gasteiger partial charge in [-0.25, -0.2) is 0 Å². The number of rotatable bonds is 1. The first-order chi connectivity index (χ1) is 1.91. The number of hydrogen-bond donors (Lipinski definition) is 0. The van der Waals surface area contributed by atoms with Gasteiger partial charge in [0.1, 0.15) is 0 Å². The summed E-state index contributed by atoms with van der Waals surface area (Å²) in [6, 6.07) is 0. The van der Waals surface area contributed by atoms with Crippen LogP contribution < -0.4 is 0 Å². The summed E-state index contributed by atoms with van der Waals surface area (Å²) >= 11 is 0. The Morgan fingerprint density at radius 1 is 1.00 bits per heavy atom. The van der Waals surface area contributed by atoms with Crippen molar-refractivity contribution >= 4 is 0 Å². The molecule has 0 aliphatic rings. The van der Waals surface area contributed by atoms with E-state index < -0.39 is 0 Å². The summed E-state index contributed by atoms with van der Waals surface area (Å²) < 4.78 is 0. The summed E-state index contributed by atoms with van der Waals surface area (Å²) in [6.45, 7) is 4.36. The minimum absolute atomic E-state index is 0. The van der Waals surface area contributed by atoms with E-state index in [4.69, 9.17) is 0 Å². The van der Waals surface area contributed by atoms with Crippen LogP contribution in [0.5, 0.6) is 0 Å². The van der Waals surface area contributed by atoms with Gasteiger partial charge in [-0.1, -0.05) is 26.7 Å². The van der Waals surface area contributed by atoms with Gasteiger partial charge >= 0.3 is 0 Å². The van der Waals surface area contributed by atoms with Crippen molar-refractivity contribution < 1.29 is 20.4 Å². The van der Waals surface area contributed by atoms with Gasteiger partial charge in [0.15, 0.2) is 0 Å². The van der Waals surface area contributed by atoms with Crippen LogP contribution in [0.2, 0.25) is 0 Å². The molecule has 0 fully saturated rings. The van der Waals surface area contributed by atoms with Gasteiger partial charge < -0.3 is 0 Å². The van der Waals surface area contributed by atoms with Gasteiger partial charge in [-0.2, -0.15) is 0 Å². The Morgan fingerprint density at radius 2 is 1.20 bits per heavy atom. The molecule has 0 bridgehead atoms. The molecule has 0 aromatic rings. The largest absolute Gasteiger partial charge is 0.0654 e. The zero-order valence-corrected chi connectivity index (χ0v) is 5.29. The van der Waals surface area contributed by atoms with E-state index in [-0.39, 0.29) is 20.4 Å². The van der Waals surface area contributed by atoms with Crippen LogP contribution >= 0.6 is 0 Å². The van der Waals surface area contributed by atoms with Crippen LogP contribution in [0, 0.1) is 0 Å². The molecule has 0 aromatic carbocycles. The van der Waals surface area contributed by atoms with E-state index >= 15 is 0 Å². The van der Waals surface area contributed by atoms with E-state index in [0.29, 0.717) is 0 Å². The van der Waals surface area contributed by atoms with Gasteiger partial charge in [-0.05, 0) is 0 Å². The summed E-state index contributed by atoms with van der Waals surface area (Å²) in [6.07, 6.45) is 2.64. The normalized spacial score (nSPS) is 6.00. The first-order valence-electron chi connectivity index (χ1n) is 1.91. The molecule has 0 N–H and O–H groups in total. The molecule has 1 heteroatoms. The van der Waals surface area contributed by atoms with Gasteiger partial charge in [0, 0.05) is 20.4 Å². The zero-order valence-electron chi connectivity index (χ0n) is 3.73. The van der Waals surface area contributed by atoms with Gasteiger partial charge in [-0.3, -0.25) is 0 Å². The average molecular weight is 165 g/mol. The van der Waals surface area contributed by atoms with Crippen molar-refractivity contribution in [2.75, 3.05) is 0 Å². The first-order valence-corrected chi connectivity index (χ1v) is 1.91. The van der Waals surface area contributed by atoms with E-state index in [1.807, 2.05) is 0 Å². The Morgan fingerprint density at radius 3 is 1.20 bits per heavy atom. The monoisotopic (exact) mass is 164 g/mol. The third-order valence-corrected chi connectivity index (χ3v) is 0.500. The molecular weight excluding hydrogens is 154 g/mol. The first kappa shape index (κ1) is 9.18. The molecule has 0 heterocycles. The summed E-state index contributed by atoms with van der Waals surface area (Å²) in [5.41, 5.74) is 0. The van der Waals surface area contributed by atoms with Crippen LogP contribution in [-0.2, 0) is 20.4 Å². The second-order valence-electron chi connectivity index (χ2n) is 1.000. The molecule has 0 aliphatic carbocycles. The topological polar surface area (TPSA) is 0 Å². The van der Waals surface area contributed by atoms with E-state index in [0.717, 1.165) is 0 Å². The van der Waals surface area contributed by atoms with E-state index in [1.165, 1.54) is 12.8 Å². The van der Waals surface area contributed by atoms with Gasteiger partial charge in [0.2, 0.25) is 0 Å². The number of hydrogen-bond acceptors (Lipinski definition) is 0. The summed E-state index contributed by atoms with van der Waals surface area (Å²) in [5, 5.41) is 0. The molecule has 0 atom stereocenters. The molecule has 36 valence electrons. The Bertz CT molecular complexity index is 5.61. The SMILES string of the molecule is CCCC.[Pd].